The number of halogens is 1. The molecule has 0 aliphatic heterocycles. The van der Waals surface area contributed by atoms with E-state index in [1.54, 1.807) is 6.07 Å². The van der Waals surface area contributed by atoms with Crippen molar-refractivity contribution in [2.75, 3.05) is 11.1 Å². The van der Waals surface area contributed by atoms with Gasteiger partial charge in [0.1, 0.15) is 0 Å². The van der Waals surface area contributed by atoms with Gasteiger partial charge in [0, 0.05) is 10.4 Å². The molecule has 0 aromatic heterocycles. The lowest BCUT2D eigenvalue weighted by molar-refractivity contribution is -0.118. The number of anilines is 2. The van der Waals surface area contributed by atoms with Crippen molar-refractivity contribution in [2.45, 2.75) is 27.2 Å². The Kier molecular flexibility index (Phi) is 2.94. The molecule has 1 saturated carbocycles. The van der Waals surface area contributed by atoms with Crippen LogP contribution in [0.4, 0.5) is 11.4 Å². The molecule has 1 atom stereocenters. The third-order valence-corrected chi connectivity index (χ3v) is 3.87. The van der Waals surface area contributed by atoms with Crippen molar-refractivity contribution in [2.24, 2.45) is 11.3 Å². The first-order valence-electron chi connectivity index (χ1n) is 5.68. The van der Waals surface area contributed by atoms with Gasteiger partial charge in [-0.15, -0.1) is 0 Å². The summed E-state index contributed by atoms with van der Waals surface area (Å²) in [6.07, 6.45) is 0.953. The number of amides is 1. The van der Waals surface area contributed by atoms with Gasteiger partial charge >= 0.3 is 0 Å². The molecule has 1 aromatic rings. The first-order chi connectivity index (χ1) is 7.81. The zero-order chi connectivity index (χ0) is 12.8. The van der Waals surface area contributed by atoms with Crippen LogP contribution in [0.15, 0.2) is 16.6 Å². The molecular weight excluding hydrogens is 280 g/mol. The number of nitrogens with two attached hydrogens (primary N) is 1. The van der Waals surface area contributed by atoms with Crippen LogP contribution < -0.4 is 11.1 Å². The van der Waals surface area contributed by atoms with Crippen LogP contribution in [-0.4, -0.2) is 5.91 Å². The minimum Gasteiger partial charge on any atom is -0.397 e. The molecule has 3 N–H and O–H groups in total. The van der Waals surface area contributed by atoms with E-state index in [-0.39, 0.29) is 17.2 Å². The van der Waals surface area contributed by atoms with Gasteiger partial charge in [-0.2, -0.15) is 0 Å². The third-order valence-electron chi connectivity index (χ3n) is 3.41. The van der Waals surface area contributed by atoms with Crippen LogP contribution in [0.5, 0.6) is 0 Å². The topological polar surface area (TPSA) is 55.1 Å². The van der Waals surface area contributed by atoms with Gasteiger partial charge in [-0.25, -0.2) is 0 Å². The van der Waals surface area contributed by atoms with Gasteiger partial charge in [-0.05, 0) is 36.5 Å². The molecule has 0 spiro atoms. The van der Waals surface area contributed by atoms with Crippen molar-refractivity contribution >= 4 is 33.2 Å². The van der Waals surface area contributed by atoms with Gasteiger partial charge in [0.05, 0.1) is 11.4 Å². The lowest BCUT2D eigenvalue weighted by atomic mass is 10.1. The summed E-state index contributed by atoms with van der Waals surface area (Å²) >= 11 is 3.38. The molecule has 0 heterocycles. The predicted molar refractivity (Wildman–Crippen MR) is 73.8 cm³/mol. The second-order valence-electron chi connectivity index (χ2n) is 5.42. The molecule has 2 rings (SSSR count). The molecule has 4 heteroatoms. The summed E-state index contributed by atoms with van der Waals surface area (Å²) in [6.45, 7) is 6.15. The number of rotatable bonds is 2. The Balaban J connectivity index is 2.17. The Labute approximate surface area is 110 Å². The molecule has 1 aromatic carbocycles. The number of carbonyl (C=O) groups excluding carboxylic acids is 1. The predicted octanol–water partition coefficient (Wildman–Crippen LogP) is 3.32. The second kappa shape index (κ2) is 4.02. The zero-order valence-corrected chi connectivity index (χ0v) is 11.9. The van der Waals surface area contributed by atoms with Crippen molar-refractivity contribution in [3.05, 3.63) is 22.2 Å². The van der Waals surface area contributed by atoms with E-state index in [1.165, 1.54) is 0 Å². The van der Waals surface area contributed by atoms with E-state index in [1.807, 2.05) is 13.0 Å². The smallest absolute Gasteiger partial charge is 0.228 e. The summed E-state index contributed by atoms with van der Waals surface area (Å²) < 4.78 is 0.928. The Bertz CT molecular complexity index is 459. The van der Waals surface area contributed by atoms with Gasteiger partial charge in [0.15, 0.2) is 0 Å². The molecule has 1 amide bonds. The first kappa shape index (κ1) is 12.4. The minimum atomic E-state index is 0.0760. The highest BCUT2D eigenvalue weighted by molar-refractivity contribution is 9.10. The fourth-order valence-electron chi connectivity index (χ4n) is 2.06. The van der Waals surface area contributed by atoms with Crippen LogP contribution in [0.3, 0.4) is 0 Å². The zero-order valence-electron chi connectivity index (χ0n) is 10.3. The third kappa shape index (κ3) is 2.46. The number of hydrogen-bond acceptors (Lipinski definition) is 2. The average molecular weight is 297 g/mol. The molecule has 3 nitrogen and oxygen atoms in total. The van der Waals surface area contributed by atoms with Crippen molar-refractivity contribution in [1.29, 1.82) is 0 Å². The van der Waals surface area contributed by atoms with E-state index >= 15 is 0 Å². The summed E-state index contributed by atoms with van der Waals surface area (Å²) in [7, 11) is 0. The van der Waals surface area contributed by atoms with E-state index in [0.717, 1.165) is 22.1 Å². The number of nitrogen functional groups attached to an aromatic ring is 1. The number of benzene rings is 1. The standard InChI is InChI=1S/C13H17BrN2O/c1-7-4-8(14)5-10(15)11(7)16-12(17)9-6-13(9,2)3/h4-5,9H,6,15H2,1-3H3,(H,16,17). The van der Waals surface area contributed by atoms with Gasteiger partial charge in [0.25, 0.3) is 0 Å². The summed E-state index contributed by atoms with van der Waals surface area (Å²) in [5, 5.41) is 2.94. The molecule has 92 valence electrons. The molecular formula is C13H17BrN2O. The number of nitrogens with one attached hydrogen (secondary N) is 1. The molecule has 0 saturated heterocycles. The largest absolute Gasteiger partial charge is 0.397 e. The molecule has 1 unspecified atom stereocenters. The maximum Gasteiger partial charge on any atom is 0.228 e. The van der Waals surface area contributed by atoms with Crippen LogP contribution in [0.1, 0.15) is 25.8 Å². The fraction of sp³-hybridized carbons (Fsp3) is 0.462. The van der Waals surface area contributed by atoms with E-state index in [4.69, 9.17) is 5.73 Å². The highest BCUT2D eigenvalue weighted by Crippen LogP contribution is 2.52. The van der Waals surface area contributed by atoms with Crippen LogP contribution in [-0.2, 0) is 4.79 Å². The van der Waals surface area contributed by atoms with Crippen LogP contribution in [0.2, 0.25) is 0 Å². The molecule has 17 heavy (non-hydrogen) atoms. The van der Waals surface area contributed by atoms with Crippen molar-refractivity contribution in [3.63, 3.8) is 0 Å². The fourth-order valence-corrected chi connectivity index (χ4v) is 2.65. The van der Waals surface area contributed by atoms with Crippen molar-refractivity contribution in [1.82, 2.24) is 0 Å². The highest BCUT2D eigenvalue weighted by atomic mass is 79.9. The maximum absolute atomic E-state index is 12.0. The molecule has 0 bridgehead atoms. The molecule has 1 fully saturated rings. The van der Waals surface area contributed by atoms with Gasteiger partial charge in [-0.1, -0.05) is 29.8 Å². The average Bonchev–Trinajstić information content (AvgIpc) is 2.81. The monoisotopic (exact) mass is 296 g/mol. The molecule has 1 aliphatic rings. The lowest BCUT2D eigenvalue weighted by Crippen LogP contribution is -2.18. The van der Waals surface area contributed by atoms with Gasteiger partial charge in [0.2, 0.25) is 5.91 Å². The van der Waals surface area contributed by atoms with Crippen molar-refractivity contribution < 1.29 is 4.79 Å². The molecule has 1 aliphatic carbocycles. The van der Waals surface area contributed by atoms with Crippen LogP contribution >= 0.6 is 15.9 Å². The summed E-state index contributed by atoms with van der Waals surface area (Å²) in [4.78, 5) is 12.0. The van der Waals surface area contributed by atoms with Crippen LogP contribution in [0.25, 0.3) is 0 Å². The lowest BCUT2D eigenvalue weighted by Gasteiger charge is -2.12. The van der Waals surface area contributed by atoms with E-state index in [2.05, 4.69) is 35.1 Å². The quantitative estimate of drug-likeness (QED) is 0.823. The van der Waals surface area contributed by atoms with Crippen LogP contribution in [0, 0.1) is 18.3 Å². The van der Waals surface area contributed by atoms with Gasteiger partial charge in [-0.3, -0.25) is 4.79 Å². The highest BCUT2D eigenvalue weighted by Gasteiger charge is 2.50. The first-order valence-corrected chi connectivity index (χ1v) is 6.47. The van der Waals surface area contributed by atoms with Gasteiger partial charge < -0.3 is 11.1 Å². The summed E-state index contributed by atoms with van der Waals surface area (Å²) in [6, 6.07) is 3.75. The Morgan fingerprint density at radius 3 is 2.59 bits per heavy atom. The normalized spacial score (nSPS) is 21.1. The minimum absolute atomic E-state index is 0.0760. The van der Waals surface area contributed by atoms with E-state index < -0.39 is 0 Å². The number of aryl methyl sites for hydroxylation is 1. The Morgan fingerprint density at radius 2 is 2.12 bits per heavy atom. The summed E-state index contributed by atoms with van der Waals surface area (Å²) in [5.41, 5.74) is 8.37. The second-order valence-corrected chi connectivity index (χ2v) is 6.34. The number of hydrogen-bond donors (Lipinski definition) is 2. The van der Waals surface area contributed by atoms with E-state index in [0.29, 0.717) is 5.69 Å². The SMILES string of the molecule is Cc1cc(Br)cc(N)c1NC(=O)C1CC1(C)C. The van der Waals surface area contributed by atoms with Crippen molar-refractivity contribution in [3.8, 4) is 0 Å². The Hall–Kier alpha value is -1.03. The summed E-state index contributed by atoms with van der Waals surface area (Å²) in [5.74, 6) is 0.192. The maximum atomic E-state index is 12.0. The van der Waals surface area contributed by atoms with E-state index in [9.17, 15) is 4.79 Å². The Morgan fingerprint density at radius 1 is 1.53 bits per heavy atom. The number of carbonyl (C=O) groups is 1. The molecule has 0 radical (unpaired) electrons.